The number of rotatable bonds is 3. The molecule has 1 aliphatic carbocycles. The Labute approximate surface area is 91.4 Å². The first-order valence-electron chi connectivity index (χ1n) is 5.64. The van der Waals surface area contributed by atoms with E-state index in [0.29, 0.717) is 31.5 Å². The minimum absolute atomic E-state index is 0.286. The Kier molecular flexibility index (Phi) is 2.52. The van der Waals surface area contributed by atoms with Crippen LogP contribution in [-0.2, 0) is 9.47 Å². The van der Waals surface area contributed by atoms with Gasteiger partial charge >= 0.3 is 0 Å². The Hall–Kier alpha value is -0.590. The number of ether oxygens (including phenoxy) is 2. The van der Waals surface area contributed by atoms with Crippen LogP contribution in [0.1, 0.15) is 33.6 Å². The highest BCUT2D eigenvalue weighted by Gasteiger charge is 2.59. The van der Waals surface area contributed by atoms with E-state index in [1.807, 2.05) is 6.92 Å². The molecular weight excluding hydrogens is 190 g/mol. The summed E-state index contributed by atoms with van der Waals surface area (Å²) in [5, 5.41) is 8.74. The molecule has 2 aliphatic rings. The van der Waals surface area contributed by atoms with E-state index < -0.39 is 5.79 Å². The van der Waals surface area contributed by atoms with Crippen LogP contribution in [0.3, 0.4) is 0 Å². The van der Waals surface area contributed by atoms with Crippen LogP contribution < -0.4 is 0 Å². The lowest BCUT2D eigenvalue weighted by atomic mass is 10.0. The lowest BCUT2D eigenvalue weighted by Crippen LogP contribution is -2.26. The summed E-state index contributed by atoms with van der Waals surface area (Å²) in [7, 11) is 0. The van der Waals surface area contributed by atoms with Crippen LogP contribution in [0.15, 0.2) is 0 Å². The second kappa shape index (κ2) is 3.47. The third kappa shape index (κ3) is 1.89. The van der Waals surface area contributed by atoms with Crippen molar-refractivity contribution in [3.05, 3.63) is 0 Å². The zero-order valence-electron chi connectivity index (χ0n) is 9.75. The maximum Gasteiger partial charge on any atom is 0.166 e. The normalized spacial score (nSPS) is 36.1. The van der Waals surface area contributed by atoms with Crippen molar-refractivity contribution in [2.45, 2.75) is 39.4 Å². The predicted molar refractivity (Wildman–Crippen MR) is 55.9 cm³/mol. The van der Waals surface area contributed by atoms with Crippen LogP contribution >= 0.6 is 0 Å². The summed E-state index contributed by atoms with van der Waals surface area (Å²) >= 11 is 0. The fourth-order valence-corrected chi connectivity index (χ4v) is 2.84. The Balaban J connectivity index is 1.94. The standard InChI is InChI=1S/C12H19NO2/c1-11(2)9(4-5-13)10(11)8-12(3)14-6-7-15-12/h9-10H,4,6-8H2,1-3H3/t9-,10+/m1/s1. The van der Waals surface area contributed by atoms with Gasteiger partial charge in [-0.15, -0.1) is 0 Å². The third-order valence-electron chi connectivity index (χ3n) is 4.09. The van der Waals surface area contributed by atoms with Crippen molar-refractivity contribution in [2.75, 3.05) is 13.2 Å². The van der Waals surface area contributed by atoms with E-state index in [1.165, 1.54) is 0 Å². The van der Waals surface area contributed by atoms with Crippen LogP contribution in [0.25, 0.3) is 0 Å². The SMILES string of the molecule is CC1(C[C@H]2[C@@H](CC#N)C2(C)C)OCCO1. The molecule has 1 heterocycles. The summed E-state index contributed by atoms with van der Waals surface area (Å²) in [6.45, 7) is 7.88. The van der Waals surface area contributed by atoms with Crippen molar-refractivity contribution in [1.82, 2.24) is 0 Å². The van der Waals surface area contributed by atoms with E-state index in [0.717, 1.165) is 6.42 Å². The van der Waals surface area contributed by atoms with E-state index in [-0.39, 0.29) is 5.41 Å². The zero-order valence-corrected chi connectivity index (χ0v) is 9.75. The molecule has 0 aromatic heterocycles. The van der Waals surface area contributed by atoms with Gasteiger partial charge in [0.25, 0.3) is 0 Å². The molecule has 0 N–H and O–H groups in total. The van der Waals surface area contributed by atoms with Gasteiger partial charge in [-0.05, 0) is 24.2 Å². The van der Waals surface area contributed by atoms with Gasteiger partial charge in [0, 0.05) is 12.8 Å². The Bertz CT molecular complexity index is 286. The highest BCUT2D eigenvalue weighted by molar-refractivity contribution is 5.08. The van der Waals surface area contributed by atoms with E-state index in [4.69, 9.17) is 14.7 Å². The third-order valence-corrected chi connectivity index (χ3v) is 4.09. The summed E-state index contributed by atoms with van der Waals surface area (Å²) in [6, 6.07) is 2.27. The maximum absolute atomic E-state index is 8.74. The monoisotopic (exact) mass is 209 g/mol. The molecule has 0 aromatic carbocycles. The van der Waals surface area contributed by atoms with E-state index in [2.05, 4.69) is 19.9 Å². The molecule has 2 atom stereocenters. The van der Waals surface area contributed by atoms with Crippen LogP contribution in [0.5, 0.6) is 0 Å². The van der Waals surface area contributed by atoms with Crippen LogP contribution in [0, 0.1) is 28.6 Å². The molecule has 3 nitrogen and oxygen atoms in total. The minimum atomic E-state index is -0.397. The number of hydrogen-bond donors (Lipinski definition) is 0. The Morgan fingerprint density at radius 1 is 1.20 bits per heavy atom. The molecule has 0 bridgehead atoms. The first-order chi connectivity index (χ1) is 6.99. The van der Waals surface area contributed by atoms with Gasteiger partial charge in [0.2, 0.25) is 0 Å². The second-order valence-corrected chi connectivity index (χ2v) is 5.43. The summed E-state index contributed by atoms with van der Waals surface area (Å²) in [4.78, 5) is 0. The predicted octanol–water partition coefficient (Wildman–Crippen LogP) is 2.33. The highest BCUT2D eigenvalue weighted by Crippen LogP contribution is 2.63. The van der Waals surface area contributed by atoms with E-state index in [1.54, 1.807) is 0 Å². The summed E-state index contributed by atoms with van der Waals surface area (Å²) in [5.41, 5.74) is 0.286. The van der Waals surface area contributed by atoms with Crippen molar-refractivity contribution in [3.8, 4) is 6.07 Å². The van der Waals surface area contributed by atoms with Gasteiger partial charge in [0.05, 0.1) is 19.3 Å². The molecule has 0 spiro atoms. The lowest BCUT2D eigenvalue weighted by molar-refractivity contribution is -0.151. The van der Waals surface area contributed by atoms with Gasteiger partial charge in [-0.1, -0.05) is 13.8 Å². The molecule has 1 saturated carbocycles. The van der Waals surface area contributed by atoms with Crippen molar-refractivity contribution in [2.24, 2.45) is 17.3 Å². The molecule has 2 fully saturated rings. The van der Waals surface area contributed by atoms with Crippen LogP contribution in [0.2, 0.25) is 0 Å². The molecule has 1 aliphatic heterocycles. The smallest absolute Gasteiger partial charge is 0.166 e. The minimum Gasteiger partial charge on any atom is -0.348 e. The molecule has 0 unspecified atom stereocenters. The summed E-state index contributed by atoms with van der Waals surface area (Å²) in [6.07, 6.45) is 1.58. The first-order valence-corrected chi connectivity index (χ1v) is 5.64. The van der Waals surface area contributed by atoms with Gasteiger partial charge in [-0.2, -0.15) is 5.26 Å². The quantitative estimate of drug-likeness (QED) is 0.716. The van der Waals surface area contributed by atoms with Crippen molar-refractivity contribution >= 4 is 0 Å². The molecule has 1 saturated heterocycles. The molecule has 84 valence electrons. The topological polar surface area (TPSA) is 42.2 Å². The van der Waals surface area contributed by atoms with Gasteiger partial charge in [0.15, 0.2) is 5.79 Å². The zero-order chi connectivity index (χ0) is 11.1. The van der Waals surface area contributed by atoms with Crippen molar-refractivity contribution < 1.29 is 9.47 Å². The van der Waals surface area contributed by atoms with E-state index in [9.17, 15) is 0 Å². The fourth-order valence-electron chi connectivity index (χ4n) is 2.84. The van der Waals surface area contributed by atoms with Gasteiger partial charge in [-0.25, -0.2) is 0 Å². The van der Waals surface area contributed by atoms with Crippen LogP contribution in [-0.4, -0.2) is 19.0 Å². The molecule has 0 amide bonds. The van der Waals surface area contributed by atoms with Gasteiger partial charge in [0.1, 0.15) is 0 Å². The number of hydrogen-bond acceptors (Lipinski definition) is 3. The van der Waals surface area contributed by atoms with Crippen molar-refractivity contribution in [3.63, 3.8) is 0 Å². The average molecular weight is 209 g/mol. The molecule has 15 heavy (non-hydrogen) atoms. The average Bonchev–Trinajstić information content (AvgIpc) is 2.54. The van der Waals surface area contributed by atoms with Gasteiger partial charge in [-0.3, -0.25) is 0 Å². The van der Waals surface area contributed by atoms with Crippen LogP contribution in [0.4, 0.5) is 0 Å². The number of nitrogens with zero attached hydrogens (tertiary/aromatic N) is 1. The summed E-state index contributed by atoms with van der Waals surface area (Å²) in [5.74, 6) is 0.693. The van der Waals surface area contributed by atoms with Crippen molar-refractivity contribution in [1.29, 1.82) is 5.26 Å². The molecular formula is C12H19NO2. The Morgan fingerprint density at radius 3 is 2.33 bits per heavy atom. The number of nitriles is 1. The summed E-state index contributed by atoms with van der Waals surface area (Å²) < 4.78 is 11.2. The van der Waals surface area contributed by atoms with E-state index >= 15 is 0 Å². The molecule has 0 aromatic rings. The van der Waals surface area contributed by atoms with Gasteiger partial charge < -0.3 is 9.47 Å². The second-order valence-electron chi connectivity index (χ2n) is 5.43. The fraction of sp³-hybridized carbons (Fsp3) is 0.917. The molecule has 3 heteroatoms. The molecule has 0 radical (unpaired) electrons. The molecule has 2 rings (SSSR count). The largest absolute Gasteiger partial charge is 0.348 e. The maximum atomic E-state index is 8.74. The first kappa shape index (κ1) is 10.9. The Morgan fingerprint density at radius 2 is 1.80 bits per heavy atom. The lowest BCUT2D eigenvalue weighted by Gasteiger charge is -2.22. The highest BCUT2D eigenvalue weighted by atomic mass is 16.7.